The normalized spacial score (nSPS) is 13.2. The van der Waals surface area contributed by atoms with Crippen LogP contribution in [-0.4, -0.2) is 16.3 Å². The third-order valence-electron chi connectivity index (χ3n) is 3.02. The molecule has 1 atom stereocenters. The van der Waals surface area contributed by atoms with E-state index < -0.39 is 0 Å². The number of benzene rings is 1. The average molecular weight is 238 g/mol. The highest BCUT2D eigenvalue weighted by Crippen LogP contribution is 2.30. The molecule has 0 fully saturated rings. The lowest BCUT2D eigenvalue weighted by Crippen LogP contribution is -2.07. The van der Waals surface area contributed by atoms with Crippen LogP contribution in [0.4, 0.5) is 0 Å². The summed E-state index contributed by atoms with van der Waals surface area (Å²) >= 11 is 6.17. The Morgan fingerprint density at radius 2 is 2.19 bits per heavy atom. The van der Waals surface area contributed by atoms with E-state index in [-0.39, 0.29) is 12.5 Å². The van der Waals surface area contributed by atoms with Crippen molar-refractivity contribution in [3.05, 3.63) is 35.0 Å². The number of aliphatic hydroxyl groups is 1. The Morgan fingerprint density at radius 1 is 1.44 bits per heavy atom. The summed E-state index contributed by atoms with van der Waals surface area (Å²) in [5.41, 5.74) is 2.29. The molecule has 0 aliphatic rings. The molecule has 86 valence electrons. The van der Waals surface area contributed by atoms with Crippen LogP contribution in [0.3, 0.4) is 0 Å². The number of fused-ring (bicyclic) bond motifs is 1. The molecule has 0 radical (unpaired) electrons. The molecular weight excluding hydrogens is 222 g/mol. The van der Waals surface area contributed by atoms with E-state index >= 15 is 0 Å². The smallest absolute Gasteiger partial charge is 0.0511 e. The molecule has 16 heavy (non-hydrogen) atoms. The third kappa shape index (κ3) is 1.72. The van der Waals surface area contributed by atoms with Crippen LogP contribution < -0.4 is 0 Å². The fraction of sp³-hybridized carbons (Fsp3) is 0.385. The van der Waals surface area contributed by atoms with Gasteiger partial charge >= 0.3 is 0 Å². The van der Waals surface area contributed by atoms with Gasteiger partial charge in [-0.3, -0.25) is 0 Å². The van der Waals surface area contributed by atoms with Crippen molar-refractivity contribution in [2.24, 2.45) is 0 Å². The number of hydrogen-bond donors (Lipinski definition) is 1. The maximum Gasteiger partial charge on any atom is 0.0511 e. The van der Waals surface area contributed by atoms with Gasteiger partial charge in [0.1, 0.15) is 0 Å². The quantitative estimate of drug-likeness (QED) is 0.870. The Bertz CT molecular complexity index is 504. The topological polar surface area (TPSA) is 25.2 Å². The van der Waals surface area contributed by atoms with Crippen LogP contribution in [0.5, 0.6) is 0 Å². The van der Waals surface area contributed by atoms with Gasteiger partial charge in [0.25, 0.3) is 0 Å². The number of nitrogens with zero attached hydrogens (tertiary/aromatic N) is 1. The maximum absolute atomic E-state index is 9.26. The number of aromatic nitrogens is 1. The van der Waals surface area contributed by atoms with Gasteiger partial charge in [-0.1, -0.05) is 24.6 Å². The first-order valence-electron chi connectivity index (χ1n) is 5.57. The monoisotopic (exact) mass is 237 g/mol. The van der Waals surface area contributed by atoms with Crippen LogP contribution in [0.1, 0.15) is 25.5 Å². The van der Waals surface area contributed by atoms with Gasteiger partial charge in [-0.05, 0) is 25.1 Å². The predicted octanol–water partition coefficient (Wildman–Crippen LogP) is 3.41. The van der Waals surface area contributed by atoms with Crippen molar-refractivity contribution in [3.8, 4) is 0 Å². The molecule has 1 heterocycles. The minimum atomic E-state index is 0.142. The highest BCUT2D eigenvalue weighted by molar-refractivity contribution is 6.35. The van der Waals surface area contributed by atoms with Crippen LogP contribution in [0, 0.1) is 0 Å². The number of rotatable bonds is 3. The zero-order valence-corrected chi connectivity index (χ0v) is 10.3. The molecule has 0 bridgehead atoms. The molecule has 0 aliphatic heterocycles. The Balaban J connectivity index is 2.71. The third-order valence-corrected chi connectivity index (χ3v) is 3.35. The lowest BCUT2D eigenvalue weighted by molar-refractivity contribution is 0.269. The Kier molecular flexibility index (Phi) is 3.22. The molecule has 0 aliphatic carbocycles. The van der Waals surface area contributed by atoms with Gasteiger partial charge in [-0.25, -0.2) is 0 Å². The second-order valence-electron chi connectivity index (χ2n) is 4.07. The van der Waals surface area contributed by atoms with Crippen LogP contribution in [0.2, 0.25) is 5.02 Å². The SMILES string of the molecule is CCn1c(C(C)CO)cc2c(Cl)cccc21. The maximum atomic E-state index is 9.26. The van der Waals surface area contributed by atoms with Crippen LogP contribution in [0.25, 0.3) is 10.9 Å². The van der Waals surface area contributed by atoms with Gasteiger partial charge in [0.05, 0.1) is 6.61 Å². The molecule has 1 unspecified atom stereocenters. The molecular formula is C13H16ClNO. The van der Waals surface area contributed by atoms with Gasteiger partial charge in [0, 0.05) is 34.1 Å². The Morgan fingerprint density at radius 3 is 2.81 bits per heavy atom. The summed E-state index contributed by atoms with van der Waals surface area (Å²) in [5, 5.41) is 11.1. The number of halogens is 1. The minimum absolute atomic E-state index is 0.142. The predicted molar refractivity (Wildman–Crippen MR) is 68.1 cm³/mol. The number of hydrogen-bond acceptors (Lipinski definition) is 1. The van der Waals surface area contributed by atoms with Crippen molar-refractivity contribution in [2.75, 3.05) is 6.61 Å². The molecule has 0 saturated heterocycles. The molecule has 1 N–H and O–H groups in total. The van der Waals surface area contributed by atoms with Gasteiger partial charge < -0.3 is 9.67 Å². The van der Waals surface area contributed by atoms with E-state index in [9.17, 15) is 5.11 Å². The van der Waals surface area contributed by atoms with Gasteiger partial charge in [-0.15, -0.1) is 0 Å². The van der Waals surface area contributed by atoms with Crippen LogP contribution in [0.15, 0.2) is 24.3 Å². The molecule has 1 aromatic heterocycles. The highest BCUT2D eigenvalue weighted by Gasteiger charge is 2.14. The minimum Gasteiger partial charge on any atom is -0.396 e. The first kappa shape index (κ1) is 11.5. The summed E-state index contributed by atoms with van der Waals surface area (Å²) in [6, 6.07) is 8.02. The van der Waals surface area contributed by atoms with E-state index in [0.29, 0.717) is 0 Å². The molecule has 0 spiro atoms. The molecule has 3 heteroatoms. The van der Waals surface area contributed by atoms with Gasteiger partial charge in [0.15, 0.2) is 0 Å². The number of aliphatic hydroxyl groups excluding tert-OH is 1. The second-order valence-corrected chi connectivity index (χ2v) is 4.48. The first-order valence-corrected chi connectivity index (χ1v) is 5.95. The van der Waals surface area contributed by atoms with E-state index in [0.717, 1.165) is 28.2 Å². The van der Waals surface area contributed by atoms with Gasteiger partial charge in [0.2, 0.25) is 0 Å². The van der Waals surface area contributed by atoms with E-state index in [1.807, 2.05) is 19.1 Å². The summed E-state index contributed by atoms with van der Waals surface area (Å²) in [4.78, 5) is 0. The zero-order chi connectivity index (χ0) is 11.7. The molecule has 0 amide bonds. The summed E-state index contributed by atoms with van der Waals surface area (Å²) in [7, 11) is 0. The summed E-state index contributed by atoms with van der Waals surface area (Å²) < 4.78 is 2.21. The lowest BCUT2D eigenvalue weighted by Gasteiger charge is -2.12. The lowest BCUT2D eigenvalue weighted by atomic mass is 10.1. The average Bonchev–Trinajstić information content (AvgIpc) is 2.68. The highest BCUT2D eigenvalue weighted by atomic mass is 35.5. The van der Waals surface area contributed by atoms with Crippen molar-refractivity contribution < 1.29 is 5.11 Å². The van der Waals surface area contributed by atoms with E-state index in [1.54, 1.807) is 0 Å². The van der Waals surface area contributed by atoms with Crippen molar-refractivity contribution in [2.45, 2.75) is 26.3 Å². The van der Waals surface area contributed by atoms with Crippen LogP contribution >= 0.6 is 11.6 Å². The van der Waals surface area contributed by atoms with E-state index in [4.69, 9.17) is 11.6 Å². The summed E-state index contributed by atoms with van der Waals surface area (Å²) in [6.07, 6.45) is 0. The Hall–Kier alpha value is -0.990. The molecule has 0 saturated carbocycles. The molecule has 2 rings (SSSR count). The fourth-order valence-electron chi connectivity index (χ4n) is 2.12. The van der Waals surface area contributed by atoms with Gasteiger partial charge in [-0.2, -0.15) is 0 Å². The first-order chi connectivity index (χ1) is 7.69. The fourth-order valence-corrected chi connectivity index (χ4v) is 2.35. The van der Waals surface area contributed by atoms with Crippen molar-refractivity contribution in [1.29, 1.82) is 0 Å². The second kappa shape index (κ2) is 4.48. The van der Waals surface area contributed by atoms with Crippen molar-refractivity contribution in [1.82, 2.24) is 4.57 Å². The molecule has 1 aromatic carbocycles. The zero-order valence-electron chi connectivity index (χ0n) is 9.57. The number of aryl methyl sites for hydroxylation is 1. The molecule has 2 nitrogen and oxygen atoms in total. The standard InChI is InChI=1S/C13H16ClNO/c1-3-15-12-6-4-5-11(14)10(12)7-13(15)9(2)8-16/h4-7,9,16H,3,8H2,1-2H3. The summed E-state index contributed by atoms with van der Waals surface area (Å²) in [5.74, 6) is 0.142. The van der Waals surface area contributed by atoms with E-state index in [1.165, 1.54) is 0 Å². The van der Waals surface area contributed by atoms with E-state index in [2.05, 4.69) is 23.6 Å². The van der Waals surface area contributed by atoms with Crippen LogP contribution in [-0.2, 0) is 6.54 Å². The van der Waals surface area contributed by atoms with Crippen molar-refractivity contribution >= 4 is 22.5 Å². The summed E-state index contributed by atoms with van der Waals surface area (Å²) in [6.45, 7) is 5.18. The molecule has 2 aromatic rings. The largest absolute Gasteiger partial charge is 0.396 e. The Labute approximate surface area is 100 Å². The van der Waals surface area contributed by atoms with Crippen molar-refractivity contribution in [3.63, 3.8) is 0 Å².